The third-order valence-electron chi connectivity index (χ3n) is 3.68. The number of hydrogen-bond donors (Lipinski definition) is 3. The number of alkyl carbamates (subject to hydrolysis) is 2. The summed E-state index contributed by atoms with van der Waals surface area (Å²) in [4.78, 5) is 22.4. The summed E-state index contributed by atoms with van der Waals surface area (Å²) in [5.74, 6) is -0.326. The maximum Gasteiger partial charge on any atom is 0.407 e. The van der Waals surface area contributed by atoms with Gasteiger partial charge in [0.05, 0.1) is 5.75 Å². The van der Waals surface area contributed by atoms with Crippen LogP contribution in [0, 0.1) is 0 Å². The van der Waals surface area contributed by atoms with E-state index < -0.39 is 22.2 Å². The average Bonchev–Trinajstić information content (AvgIpc) is 2.71. The van der Waals surface area contributed by atoms with Crippen molar-refractivity contribution in [1.29, 1.82) is 0 Å². The molecule has 4 N–H and O–H groups in total. The number of benzene rings is 2. The number of amides is 2. The Morgan fingerprint density at radius 2 is 1.22 bits per heavy atom. The fourth-order valence-corrected chi connectivity index (χ4v) is 3.14. The van der Waals surface area contributed by atoms with Gasteiger partial charge in [-0.25, -0.2) is 23.1 Å². The van der Waals surface area contributed by atoms with E-state index in [9.17, 15) is 18.0 Å². The van der Waals surface area contributed by atoms with Crippen LogP contribution in [-0.4, -0.2) is 38.4 Å². The monoisotopic (exact) mass is 465 g/mol. The van der Waals surface area contributed by atoms with Gasteiger partial charge in [-0.1, -0.05) is 60.7 Å². The van der Waals surface area contributed by atoms with Crippen molar-refractivity contribution in [3.63, 3.8) is 0 Å². The Balaban J connectivity index is 0.000000330. The molecule has 0 saturated carbocycles. The third-order valence-corrected chi connectivity index (χ3v) is 4.64. The maximum atomic E-state index is 11.3. The summed E-state index contributed by atoms with van der Waals surface area (Å²) in [6, 6.07) is 18.3. The van der Waals surface area contributed by atoms with Crippen LogP contribution in [0.4, 0.5) is 9.59 Å². The van der Waals surface area contributed by atoms with E-state index in [4.69, 9.17) is 14.6 Å². The van der Waals surface area contributed by atoms with Gasteiger partial charge in [-0.05, 0) is 31.9 Å². The number of nitrogens with one attached hydrogen (secondary N) is 2. The standard InChI is InChI=1S/C11H16N2O4S.C11H15NO2/c1-9(8-18(12,15)16)13-11(14)17-7-10-5-3-2-4-6-10;1-9(2)12-11(13)14-8-10-6-4-3-5-7-10/h2-6,9H,7-8H2,1H3,(H,13,14)(H2,12,15,16);3-7,9H,8H2,1-2H3,(H,12,13)/t9-;/m1./s1. The Bertz CT molecular complexity index is 921. The van der Waals surface area contributed by atoms with Crippen LogP contribution in [-0.2, 0) is 32.7 Å². The van der Waals surface area contributed by atoms with Gasteiger partial charge in [0.15, 0.2) is 0 Å². The van der Waals surface area contributed by atoms with Gasteiger partial charge < -0.3 is 20.1 Å². The number of ether oxygens (including phenoxy) is 2. The second kappa shape index (κ2) is 14.0. The Morgan fingerprint density at radius 1 is 0.812 bits per heavy atom. The van der Waals surface area contributed by atoms with Crippen molar-refractivity contribution in [2.24, 2.45) is 5.14 Å². The van der Waals surface area contributed by atoms with Crippen LogP contribution in [0.5, 0.6) is 0 Å². The molecule has 2 amide bonds. The lowest BCUT2D eigenvalue weighted by atomic mass is 10.2. The van der Waals surface area contributed by atoms with E-state index in [0.717, 1.165) is 11.1 Å². The molecule has 0 bridgehead atoms. The number of rotatable bonds is 8. The van der Waals surface area contributed by atoms with Crippen molar-refractivity contribution >= 4 is 22.2 Å². The van der Waals surface area contributed by atoms with Gasteiger partial charge in [-0.15, -0.1) is 0 Å². The number of carbonyl (C=O) groups is 2. The fraction of sp³-hybridized carbons (Fsp3) is 0.364. The molecule has 0 aliphatic carbocycles. The van der Waals surface area contributed by atoms with Crippen LogP contribution in [0.15, 0.2) is 60.7 Å². The fourth-order valence-electron chi connectivity index (χ4n) is 2.36. The van der Waals surface area contributed by atoms with Crippen molar-refractivity contribution in [2.45, 2.75) is 46.1 Å². The molecule has 0 aromatic heterocycles. The van der Waals surface area contributed by atoms with Gasteiger partial charge in [0.1, 0.15) is 13.2 Å². The Labute approximate surface area is 189 Å². The molecular weight excluding hydrogens is 434 g/mol. The van der Waals surface area contributed by atoms with E-state index in [1.165, 1.54) is 6.92 Å². The topological polar surface area (TPSA) is 137 Å². The molecule has 0 aliphatic rings. The lowest BCUT2D eigenvalue weighted by molar-refractivity contribution is 0.136. The highest BCUT2D eigenvalue weighted by atomic mass is 32.2. The molecule has 0 radical (unpaired) electrons. The van der Waals surface area contributed by atoms with Crippen LogP contribution in [0.25, 0.3) is 0 Å². The van der Waals surface area contributed by atoms with Gasteiger partial charge in [-0.3, -0.25) is 0 Å². The van der Waals surface area contributed by atoms with Crippen LogP contribution >= 0.6 is 0 Å². The smallest absolute Gasteiger partial charge is 0.407 e. The second-order valence-electron chi connectivity index (χ2n) is 7.30. The van der Waals surface area contributed by atoms with Crippen molar-refractivity contribution < 1.29 is 27.5 Å². The third kappa shape index (κ3) is 14.0. The molecule has 0 heterocycles. The van der Waals surface area contributed by atoms with Crippen molar-refractivity contribution in [2.75, 3.05) is 5.75 Å². The first-order chi connectivity index (χ1) is 15.0. The van der Waals surface area contributed by atoms with Crippen LogP contribution in [0.2, 0.25) is 0 Å². The first-order valence-electron chi connectivity index (χ1n) is 10.00. The number of hydrogen-bond acceptors (Lipinski definition) is 6. The molecule has 0 aliphatic heterocycles. The molecule has 32 heavy (non-hydrogen) atoms. The predicted molar refractivity (Wildman–Crippen MR) is 122 cm³/mol. The normalized spacial score (nSPS) is 11.5. The second-order valence-corrected chi connectivity index (χ2v) is 8.96. The zero-order valence-electron chi connectivity index (χ0n) is 18.5. The summed E-state index contributed by atoms with van der Waals surface area (Å²) >= 11 is 0. The Hall–Kier alpha value is -3.11. The van der Waals surface area contributed by atoms with Crippen LogP contribution in [0.3, 0.4) is 0 Å². The molecule has 1 atom stereocenters. The zero-order valence-corrected chi connectivity index (χ0v) is 19.3. The van der Waals surface area contributed by atoms with Crippen LogP contribution in [0.1, 0.15) is 31.9 Å². The Morgan fingerprint density at radius 3 is 1.59 bits per heavy atom. The van der Waals surface area contributed by atoms with Crippen LogP contribution < -0.4 is 15.8 Å². The van der Waals surface area contributed by atoms with Gasteiger partial charge in [-0.2, -0.15) is 0 Å². The molecule has 0 unspecified atom stereocenters. The lowest BCUT2D eigenvalue weighted by Gasteiger charge is -2.12. The molecule has 2 aromatic carbocycles. The summed E-state index contributed by atoms with van der Waals surface area (Å²) in [6.45, 7) is 5.77. The number of sulfonamides is 1. The van der Waals surface area contributed by atoms with Gasteiger partial charge in [0, 0.05) is 12.1 Å². The van der Waals surface area contributed by atoms with E-state index in [1.54, 1.807) is 0 Å². The predicted octanol–water partition coefficient (Wildman–Crippen LogP) is 2.91. The summed E-state index contributed by atoms with van der Waals surface area (Å²) in [6.07, 6.45) is -1.04. The molecule has 2 rings (SSSR count). The summed E-state index contributed by atoms with van der Waals surface area (Å²) in [7, 11) is -3.61. The van der Waals surface area contributed by atoms with Crippen molar-refractivity contribution in [3.8, 4) is 0 Å². The van der Waals surface area contributed by atoms with Gasteiger partial charge in [0.25, 0.3) is 0 Å². The number of carbonyl (C=O) groups excluding carboxylic acids is 2. The zero-order chi connectivity index (χ0) is 24.0. The minimum atomic E-state index is -3.61. The highest BCUT2D eigenvalue weighted by molar-refractivity contribution is 7.89. The van der Waals surface area contributed by atoms with E-state index in [0.29, 0.717) is 6.61 Å². The molecule has 176 valence electrons. The molecule has 9 nitrogen and oxygen atoms in total. The van der Waals surface area contributed by atoms with Crippen molar-refractivity contribution in [1.82, 2.24) is 10.6 Å². The quantitative estimate of drug-likeness (QED) is 0.548. The Kier molecular flexibility index (Phi) is 11.8. The highest BCUT2D eigenvalue weighted by Gasteiger charge is 2.14. The molecule has 10 heteroatoms. The average molecular weight is 466 g/mol. The van der Waals surface area contributed by atoms with E-state index in [1.807, 2.05) is 74.5 Å². The van der Waals surface area contributed by atoms with E-state index in [-0.39, 0.29) is 24.5 Å². The minimum Gasteiger partial charge on any atom is -0.445 e. The summed E-state index contributed by atoms with van der Waals surface area (Å²) in [5, 5.41) is 9.90. The molecule has 0 saturated heterocycles. The molecular formula is C22H31N3O6S. The van der Waals surface area contributed by atoms with E-state index >= 15 is 0 Å². The summed E-state index contributed by atoms with van der Waals surface area (Å²) < 4.78 is 31.5. The lowest BCUT2D eigenvalue weighted by Crippen LogP contribution is -2.39. The summed E-state index contributed by atoms with van der Waals surface area (Å²) in [5.41, 5.74) is 1.85. The van der Waals surface area contributed by atoms with Gasteiger partial charge >= 0.3 is 12.2 Å². The SMILES string of the molecule is CC(C)NC(=O)OCc1ccccc1.C[C@H](CS(N)(=O)=O)NC(=O)OCc1ccccc1. The van der Waals surface area contributed by atoms with E-state index in [2.05, 4.69) is 10.6 Å². The maximum absolute atomic E-state index is 11.3. The van der Waals surface area contributed by atoms with Crippen molar-refractivity contribution in [3.05, 3.63) is 71.8 Å². The number of primary sulfonamides is 1. The first kappa shape index (κ1) is 26.9. The minimum absolute atomic E-state index is 0.110. The number of nitrogens with two attached hydrogens (primary N) is 1. The molecule has 0 spiro atoms. The highest BCUT2D eigenvalue weighted by Crippen LogP contribution is 2.01. The van der Waals surface area contributed by atoms with Gasteiger partial charge in [0.2, 0.25) is 10.0 Å². The largest absolute Gasteiger partial charge is 0.445 e. The molecule has 2 aromatic rings. The molecule has 0 fully saturated rings. The first-order valence-corrected chi connectivity index (χ1v) is 11.7.